The Morgan fingerprint density at radius 1 is 1.45 bits per heavy atom. The normalized spacial score (nSPS) is 13.8. The summed E-state index contributed by atoms with van der Waals surface area (Å²) in [7, 11) is 0. The molecule has 0 spiro atoms. The van der Waals surface area contributed by atoms with Crippen molar-refractivity contribution in [2.45, 2.75) is 26.4 Å². The van der Waals surface area contributed by atoms with E-state index in [1.54, 1.807) is 23.7 Å². The predicted octanol–water partition coefficient (Wildman–Crippen LogP) is 1.42. The number of aromatic nitrogens is 2. The zero-order valence-electron chi connectivity index (χ0n) is 11.3. The number of nitrogens with one attached hydrogen (secondary N) is 2. The van der Waals surface area contributed by atoms with Crippen LogP contribution in [0.5, 0.6) is 0 Å². The average molecular weight is 288 g/mol. The van der Waals surface area contributed by atoms with Gasteiger partial charge in [-0.1, -0.05) is 0 Å². The van der Waals surface area contributed by atoms with Crippen LogP contribution in [0, 0.1) is 6.92 Å². The van der Waals surface area contributed by atoms with Crippen LogP contribution in [-0.2, 0) is 19.5 Å². The van der Waals surface area contributed by atoms with Crippen LogP contribution in [0.25, 0.3) is 0 Å². The second-order valence-electron chi connectivity index (χ2n) is 4.81. The van der Waals surface area contributed by atoms with Gasteiger partial charge in [0.15, 0.2) is 0 Å². The first-order valence-corrected chi connectivity index (χ1v) is 7.47. The zero-order valence-corrected chi connectivity index (χ0v) is 12.1. The summed E-state index contributed by atoms with van der Waals surface area (Å²) in [6.07, 6.45) is 4.33. The quantitative estimate of drug-likeness (QED) is 0.896. The Hall–Kier alpha value is -1.79. The highest BCUT2D eigenvalue weighted by atomic mass is 32.1. The summed E-state index contributed by atoms with van der Waals surface area (Å²) in [6.45, 7) is 4.11. The molecule has 5 nitrogen and oxygen atoms in total. The average Bonchev–Trinajstić information content (AvgIpc) is 2.90. The molecule has 0 aromatic carbocycles. The summed E-state index contributed by atoms with van der Waals surface area (Å²) < 4.78 is 0. The molecule has 1 aliphatic rings. The lowest BCUT2D eigenvalue weighted by Gasteiger charge is -2.14. The fourth-order valence-corrected chi connectivity index (χ4v) is 3.28. The van der Waals surface area contributed by atoms with Crippen LogP contribution in [0.15, 0.2) is 17.8 Å². The van der Waals surface area contributed by atoms with Gasteiger partial charge in [-0.15, -0.1) is 11.3 Å². The maximum Gasteiger partial charge on any atom is 0.252 e. The summed E-state index contributed by atoms with van der Waals surface area (Å²) in [5, 5.41) is 8.18. The number of fused-ring (bicyclic) bond motifs is 1. The predicted molar refractivity (Wildman–Crippen MR) is 77.7 cm³/mol. The fraction of sp³-hybridized carbons (Fsp3) is 0.357. The van der Waals surface area contributed by atoms with E-state index in [1.165, 1.54) is 10.4 Å². The summed E-state index contributed by atoms with van der Waals surface area (Å²) in [5.41, 5.74) is 3.65. The molecule has 0 saturated heterocycles. The molecule has 1 aliphatic heterocycles. The second-order valence-corrected chi connectivity index (χ2v) is 5.77. The Morgan fingerprint density at radius 3 is 3.15 bits per heavy atom. The van der Waals surface area contributed by atoms with Gasteiger partial charge in [-0.2, -0.15) is 0 Å². The highest BCUT2D eigenvalue weighted by Crippen LogP contribution is 2.25. The molecule has 2 N–H and O–H groups in total. The van der Waals surface area contributed by atoms with Gasteiger partial charge in [-0.25, -0.2) is 0 Å². The highest BCUT2D eigenvalue weighted by molar-refractivity contribution is 7.10. The summed E-state index contributed by atoms with van der Waals surface area (Å²) in [4.78, 5) is 21.9. The molecule has 1 amide bonds. The first-order chi connectivity index (χ1) is 9.74. The molecule has 3 rings (SSSR count). The summed E-state index contributed by atoms with van der Waals surface area (Å²) >= 11 is 1.65. The summed E-state index contributed by atoms with van der Waals surface area (Å²) in [6, 6.07) is 0. The summed E-state index contributed by atoms with van der Waals surface area (Å²) in [5.74, 6) is -0.0215. The molecule has 6 heteroatoms. The molecular weight excluding hydrogens is 272 g/mol. The molecule has 2 aromatic heterocycles. The van der Waals surface area contributed by atoms with Gasteiger partial charge in [0.05, 0.1) is 29.7 Å². The van der Waals surface area contributed by atoms with Crippen molar-refractivity contribution in [2.24, 2.45) is 0 Å². The fourth-order valence-electron chi connectivity index (χ4n) is 2.23. The minimum Gasteiger partial charge on any atom is -0.346 e. The highest BCUT2D eigenvalue weighted by Gasteiger charge is 2.19. The van der Waals surface area contributed by atoms with Gasteiger partial charge in [-0.3, -0.25) is 14.8 Å². The van der Waals surface area contributed by atoms with Crippen molar-refractivity contribution >= 4 is 17.2 Å². The first-order valence-electron chi connectivity index (χ1n) is 6.59. The van der Waals surface area contributed by atoms with E-state index in [9.17, 15) is 4.79 Å². The maximum absolute atomic E-state index is 12.2. The molecule has 20 heavy (non-hydrogen) atoms. The van der Waals surface area contributed by atoms with Crippen LogP contribution in [0.4, 0.5) is 0 Å². The monoisotopic (exact) mass is 288 g/mol. The standard InChI is InChI=1S/C14H16N4OS/c1-9-4-17-10(5-16-9)6-18-14(19)12-8-20-13-7-15-3-2-11(12)13/h4-5,8,15H,2-3,6-7H2,1H3,(H,18,19). The minimum atomic E-state index is -0.0215. The Kier molecular flexibility index (Phi) is 3.75. The van der Waals surface area contributed by atoms with Crippen LogP contribution < -0.4 is 10.6 Å². The molecule has 0 atom stereocenters. The van der Waals surface area contributed by atoms with Crippen LogP contribution in [0.2, 0.25) is 0 Å². The molecule has 0 fully saturated rings. The molecule has 0 radical (unpaired) electrons. The Morgan fingerprint density at radius 2 is 2.35 bits per heavy atom. The van der Waals surface area contributed by atoms with Crippen molar-refractivity contribution in [3.8, 4) is 0 Å². The Bertz CT molecular complexity index is 621. The molecule has 0 unspecified atom stereocenters. The second kappa shape index (κ2) is 5.68. The van der Waals surface area contributed by atoms with Gasteiger partial charge in [0.2, 0.25) is 0 Å². The van der Waals surface area contributed by atoms with Gasteiger partial charge in [-0.05, 0) is 25.5 Å². The van der Waals surface area contributed by atoms with Crippen molar-refractivity contribution in [3.63, 3.8) is 0 Å². The number of nitrogens with zero attached hydrogens (tertiary/aromatic N) is 2. The maximum atomic E-state index is 12.2. The molecule has 3 heterocycles. The molecule has 0 bridgehead atoms. The number of rotatable bonds is 3. The third kappa shape index (κ3) is 2.71. The first kappa shape index (κ1) is 13.2. The largest absolute Gasteiger partial charge is 0.346 e. The number of thiophene rings is 1. The van der Waals surface area contributed by atoms with E-state index in [1.807, 2.05) is 12.3 Å². The SMILES string of the molecule is Cc1cnc(CNC(=O)c2csc3c2CCNC3)cn1. The van der Waals surface area contributed by atoms with Gasteiger partial charge in [0.1, 0.15) is 0 Å². The number of carbonyl (C=O) groups is 1. The number of hydrogen-bond donors (Lipinski definition) is 2. The lowest BCUT2D eigenvalue weighted by atomic mass is 10.0. The lowest BCUT2D eigenvalue weighted by Crippen LogP contribution is -2.27. The lowest BCUT2D eigenvalue weighted by molar-refractivity contribution is 0.0949. The smallest absolute Gasteiger partial charge is 0.252 e. The van der Waals surface area contributed by atoms with E-state index < -0.39 is 0 Å². The number of aryl methyl sites for hydroxylation is 1. The molecule has 2 aromatic rings. The molecule has 0 saturated carbocycles. The Balaban J connectivity index is 1.67. The van der Waals surface area contributed by atoms with Gasteiger partial charge >= 0.3 is 0 Å². The van der Waals surface area contributed by atoms with Crippen LogP contribution in [0.3, 0.4) is 0 Å². The van der Waals surface area contributed by atoms with Crippen LogP contribution >= 0.6 is 11.3 Å². The van der Waals surface area contributed by atoms with E-state index in [0.717, 1.165) is 36.5 Å². The van der Waals surface area contributed by atoms with Crippen LogP contribution in [-0.4, -0.2) is 22.4 Å². The Labute approximate surface area is 121 Å². The number of amides is 1. The van der Waals surface area contributed by atoms with Gasteiger partial charge < -0.3 is 10.6 Å². The van der Waals surface area contributed by atoms with E-state index in [2.05, 4.69) is 20.6 Å². The van der Waals surface area contributed by atoms with E-state index >= 15 is 0 Å². The van der Waals surface area contributed by atoms with Crippen LogP contribution in [0.1, 0.15) is 32.2 Å². The number of hydrogen-bond acceptors (Lipinski definition) is 5. The molecule has 104 valence electrons. The van der Waals surface area contributed by atoms with Crippen molar-refractivity contribution in [2.75, 3.05) is 6.54 Å². The van der Waals surface area contributed by atoms with Crippen molar-refractivity contribution in [1.29, 1.82) is 0 Å². The van der Waals surface area contributed by atoms with Gasteiger partial charge in [0.25, 0.3) is 5.91 Å². The minimum absolute atomic E-state index is 0.0215. The molecule has 0 aliphatic carbocycles. The van der Waals surface area contributed by atoms with Crippen molar-refractivity contribution in [1.82, 2.24) is 20.6 Å². The zero-order chi connectivity index (χ0) is 13.9. The third-order valence-electron chi connectivity index (χ3n) is 3.33. The van der Waals surface area contributed by atoms with E-state index in [-0.39, 0.29) is 5.91 Å². The van der Waals surface area contributed by atoms with Crippen molar-refractivity contribution in [3.05, 3.63) is 45.2 Å². The molecular formula is C14H16N4OS. The van der Waals surface area contributed by atoms with Crippen molar-refractivity contribution < 1.29 is 4.79 Å². The number of carbonyl (C=O) groups excluding carboxylic acids is 1. The van der Waals surface area contributed by atoms with E-state index in [4.69, 9.17) is 0 Å². The third-order valence-corrected chi connectivity index (χ3v) is 4.36. The van der Waals surface area contributed by atoms with E-state index in [0.29, 0.717) is 6.54 Å². The van der Waals surface area contributed by atoms with Gasteiger partial charge in [0, 0.05) is 23.0 Å². The topological polar surface area (TPSA) is 66.9 Å².